The van der Waals surface area contributed by atoms with Crippen LogP contribution < -0.4 is 19.5 Å². The molecule has 142 valence electrons. The molecule has 2 rings (SSSR count). The van der Waals surface area contributed by atoms with Crippen LogP contribution in [0.2, 0.25) is 0 Å². The lowest BCUT2D eigenvalue weighted by Gasteiger charge is -2.20. The van der Waals surface area contributed by atoms with E-state index in [1.54, 1.807) is 33.7 Å². The van der Waals surface area contributed by atoms with Gasteiger partial charge in [0, 0.05) is 18.8 Å². The number of aromatic nitrogens is 2. The highest BCUT2D eigenvalue weighted by atomic mass is 16.5. The van der Waals surface area contributed by atoms with Gasteiger partial charge in [-0.15, -0.1) is 0 Å². The van der Waals surface area contributed by atoms with E-state index in [0.29, 0.717) is 30.1 Å². The van der Waals surface area contributed by atoms with E-state index in [0.717, 1.165) is 11.4 Å². The minimum Gasteiger partial charge on any atom is -0.493 e. The van der Waals surface area contributed by atoms with Gasteiger partial charge in [-0.25, -0.2) is 4.98 Å². The number of benzene rings is 1. The lowest BCUT2D eigenvalue weighted by atomic mass is 10.0. The second kappa shape index (κ2) is 9.12. The van der Waals surface area contributed by atoms with Gasteiger partial charge >= 0.3 is 0 Å². The molecular weight excluding hydrogens is 334 g/mol. The number of carbonyl (C=O) groups excluding carboxylic acids is 1. The third-order valence-electron chi connectivity index (χ3n) is 4.16. The fourth-order valence-corrected chi connectivity index (χ4v) is 2.78. The molecule has 2 N–H and O–H groups in total. The average Bonchev–Trinajstić information content (AvgIpc) is 3.17. The third kappa shape index (κ3) is 4.68. The minimum absolute atomic E-state index is 0.0335. The van der Waals surface area contributed by atoms with E-state index in [-0.39, 0.29) is 17.9 Å². The molecule has 1 heterocycles. The zero-order chi connectivity index (χ0) is 19.1. The van der Waals surface area contributed by atoms with Crippen molar-refractivity contribution in [3.05, 3.63) is 35.9 Å². The van der Waals surface area contributed by atoms with Crippen molar-refractivity contribution in [3.63, 3.8) is 0 Å². The van der Waals surface area contributed by atoms with Crippen LogP contribution in [0.3, 0.4) is 0 Å². The first-order valence-corrected chi connectivity index (χ1v) is 8.57. The highest BCUT2D eigenvalue weighted by Crippen LogP contribution is 2.38. The maximum atomic E-state index is 12.4. The van der Waals surface area contributed by atoms with Crippen LogP contribution in [-0.4, -0.2) is 37.2 Å². The van der Waals surface area contributed by atoms with Crippen LogP contribution in [-0.2, 0) is 11.2 Å². The van der Waals surface area contributed by atoms with E-state index in [9.17, 15) is 4.79 Å². The van der Waals surface area contributed by atoms with Crippen LogP contribution >= 0.6 is 0 Å². The Morgan fingerprint density at radius 3 is 2.27 bits per heavy atom. The second-order valence-electron chi connectivity index (χ2n) is 6.30. The van der Waals surface area contributed by atoms with E-state index in [1.807, 2.05) is 26.0 Å². The molecule has 0 saturated carbocycles. The van der Waals surface area contributed by atoms with Crippen molar-refractivity contribution in [3.8, 4) is 17.2 Å². The van der Waals surface area contributed by atoms with Crippen LogP contribution in [0.1, 0.15) is 37.7 Å². The first kappa shape index (κ1) is 19.6. The number of hydrogen-bond acceptors (Lipinski definition) is 5. The standard InChI is InChI=1S/C19H27N3O4/c1-12(2)17(19-20-8-9-21-19)22-16(23)7-6-13-10-14(24-3)18(26-5)15(11-13)25-4/h8-12,17H,6-7H2,1-5H3,(H,20,21)(H,22,23). The lowest BCUT2D eigenvalue weighted by molar-refractivity contribution is -0.122. The van der Waals surface area contributed by atoms with Crippen LogP contribution in [0.15, 0.2) is 24.5 Å². The van der Waals surface area contributed by atoms with Crippen molar-refractivity contribution in [2.75, 3.05) is 21.3 Å². The molecule has 2 aromatic rings. The molecule has 0 aliphatic rings. The molecule has 0 fully saturated rings. The van der Waals surface area contributed by atoms with E-state index in [1.165, 1.54) is 0 Å². The first-order chi connectivity index (χ1) is 12.5. The molecule has 0 spiro atoms. The molecule has 0 aliphatic carbocycles. The molecule has 0 aliphatic heterocycles. The first-order valence-electron chi connectivity index (χ1n) is 8.57. The Hall–Kier alpha value is -2.70. The molecule has 1 aromatic carbocycles. The SMILES string of the molecule is COc1cc(CCC(=O)NC(c2ncc[nH]2)C(C)C)cc(OC)c1OC. The zero-order valence-electron chi connectivity index (χ0n) is 16.0. The summed E-state index contributed by atoms with van der Waals surface area (Å²) < 4.78 is 16.0. The number of carbonyl (C=O) groups is 1. The fourth-order valence-electron chi connectivity index (χ4n) is 2.78. The molecule has 1 aromatic heterocycles. The van der Waals surface area contributed by atoms with Gasteiger partial charge in [-0.05, 0) is 30.0 Å². The topological polar surface area (TPSA) is 85.5 Å². The van der Waals surface area contributed by atoms with Gasteiger partial charge in [0.1, 0.15) is 5.82 Å². The van der Waals surface area contributed by atoms with Gasteiger partial charge in [-0.2, -0.15) is 0 Å². The average molecular weight is 361 g/mol. The Bertz CT molecular complexity index is 689. The Balaban J connectivity index is 2.04. The van der Waals surface area contributed by atoms with Crippen molar-refractivity contribution in [1.29, 1.82) is 0 Å². The molecule has 1 unspecified atom stereocenters. The molecule has 0 bridgehead atoms. The van der Waals surface area contributed by atoms with Crippen molar-refractivity contribution in [1.82, 2.24) is 15.3 Å². The van der Waals surface area contributed by atoms with Crippen LogP contribution in [0, 0.1) is 5.92 Å². The second-order valence-corrected chi connectivity index (χ2v) is 6.30. The van der Waals surface area contributed by atoms with Crippen molar-refractivity contribution in [2.24, 2.45) is 5.92 Å². The molecule has 0 radical (unpaired) electrons. The summed E-state index contributed by atoms with van der Waals surface area (Å²) in [6.45, 7) is 4.10. The number of methoxy groups -OCH3 is 3. The molecular formula is C19H27N3O4. The number of nitrogens with zero attached hydrogens (tertiary/aromatic N) is 1. The Morgan fingerprint density at radius 2 is 1.81 bits per heavy atom. The largest absolute Gasteiger partial charge is 0.493 e. The number of aryl methyl sites for hydroxylation is 1. The Kier molecular flexibility index (Phi) is 6.89. The van der Waals surface area contributed by atoms with Gasteiger partial charge in [0.15, 0.2) is 11.5 Å². The smallest absolute Gasteiger partial charge is 0.220 e. The molecule has 7 heteroatoms. The Labute approximate surface area is 154 Å². The lowest BCUT2D eigenvalue weighted by Crippen LogP contribution is -2.32. The highest BCUT2D eigenvalue weighted by Gasteiger charge is 2.20. The van der Waals surface area contributed by atoms with Crippen molar-refractivity contribution >= 4 is 5.91 Å². The van der Waals surface area contributed by atoms with Gasteiger partial charge in [-0.1, -0.05) is 13.8 Å². The monoisotopic (exact) mass is 361 g/mol. The normalized spacial score (nSPS) is 11.9. The summed E-state index contributed by atoms with van der Waals surface area (Å²) in [5.74, 6) is 2.66. The fraction of sp³-hybridized carbons (Fsp3) is 0.474. The summed E-state index contributed by atoms with van der Waals surface area (Å²) in [5, 5.41) is 3.05. The number of nitrogens with one attached hydrogen (secondary N) is 2. The summed E-state index contributed by atoms with van der Waals surface area (Å²) in [7, 11) is 4.71. The van der Waals surface area contributed by atoms with E-state index >= 15 is 0 Å². The van der Waals surface area contributed by atoms with Gasteiger partial charge in [0.2, 0.25) is 11.7 Å². The maximum Gasteiger partial charge on any atom is 0.220 e. The predicted octanol–water partition coefficient (Wildman–Crippen LogP) is 2.88. The number of aromatic amines is 1. The van der Waals surface area contributed by atoms with Crippen LogP contribution in [0.4, 0.5) is 0 Å². The zero-order valence-corrected chi connectivity index (χ0v) is 16.0. The van der Waals surface area contributed by atoms with Gasteiger partial charge < -0.3 is 24.5 Å². The van der Waals surface area contributed by atoms with Crippen molar-refractivity contribution < 1.29 is 19.0 Å². The van der Waals surface area contributed by atoms with E-state index in [2.05, 4.69) is 15.3 Å². The van der Waals surface area contributed by atoms with E-state index in [4.69, 9.17) is 14.2 Å². The summed E-state index contributed by atoms with van der Waals surface area (Å²) in [4.78, 5) is 19.7. The van der Waals surface area contributed by atoms with Gasteiger partial charge in [-0.3, -0.25) is 4.79 Å². The number of H-pyrrole nitrogens is 1. The van der Waals surface area contributed by atoms with Gasteiger partial charge in [0.05, 0.1) is 27.4 Å². The number of ether oxygens (including phenoxy) is 3. The maximum absolute atomic E-state index is 12.4. The van der Waals surface area contributed by atoms with Crippen LogP contribution in [0.5, 0.6) is 17.2 Å². The summed E-state index contributed by atoms with van der Waals surface area (Å²) in [6.07, 6.45) is 4.35. The quantitative estimate of drug-likeness (QED) is 0.717. The summed E-state index contributed by atoms with van der Waals surface area (Å²) in [6, 6.07) is 3.58. The van der Waals surface area contributed by atoms with Crippen molar-refractivity contribution in [2.45, 2.75) is 32.7 Å². The molecule has 1 atom stereocenters. The molecule has 7 nitrogen and oxygen atoms in total. The summed E-state index contributed by atoms with van der Waals surface area (Å²) in [5.41, 5.74) is 0.939. The molecule has 1 amide bonds. The van der Waals surface area contributed by atoms with Gasteiger partial charge in [0.25, 0.3) is 0 Å². The minimum atomic E-state index is -0.141. The van der Waals surface area contributed by atoms with Crippen LogP contribution in [0.25, 0.3) is 0 Å². The van der Waals surface area contributed by atoms with E-state index < -0.39 is 0 Å². The molecule has 26 heavy (non-hydrogen) atoms. The molecule has 0 saturated heterocycles. The summed E-state index contributed by atoms with van der Waals surface area (Å²) >= 11 is 0. The number of amides is 1. The number of rotatable bonds is 9. The predicted molar refractivity (Wildman–Crippen MR) is 98.7 cm³/mol. The third-order valence-corrected chi connectivity index (χ3v) is 4.16. The Morgan fingerprint density at radius 1 is 1.15 bits per heavy atom. The number of imidazole rings is 1. The number of hydrogen-bond donors (Lipinski definition) is 2. The highest BCUT2D eigenvalue weighted by molar-refractivity contribution is 5.76.